The Morgan fingerprint density at radius 1 is 1.33 bits per heavy atom. The summed E-state index contributed by atoms with van der Waals surface area (Å²) < 4.78 is 53.0. The number of aliphatic hydroxyl groups is 1. The maximum atomic E-state index is 15.9. The highest BCUT2D eigenvalue weighted by Crippen LogP contribution is 2.48. The van der Waals surface area contributed by atoms with Crippen LogP contribution in [0.15, 0.2) is 36.7 Å². The highest BCUT2D eigenvalue weighted by Gasteiger charge is 2.56. The molecule has 0 radical (unpaired) electrons. The van der Waals surface area contributed by atoms with Crippen LogP contribution in [-0.2, 0) is 23.4 Å². The number of para-hydroxylation sites is 1. The lowest BCUT2D eigenvalue weighted by atomic mass is 9.98. The standard InChI is InChI=1S/C24H32FN6O7P/c1-6-35-22(33)14(2)30-39(34,38-16-10-8-7-9-11-16)36-12-17-19(32)24(4,25)23(37-17)31-13-27-18-20(26-5)28-15(3)29-21(18)31/h7-11,13-14,17,19,23,32H,6,12H2,1-5H3,(H,30,34)(H,26,28,29)/t14-,17-,19-,23-,24-,39?/m1/s1. The summed E-state index contributed by atoms with van der Waals surface area (Å²) in [5.41, 5.74) is -1.61. The number of nitrogens with zero attached hydrogens (tertiary/aromatic N) is 4. The summed E-state index contributed by atoms with van der Waals surface area (Å²) in [7, 11) is -2.57. The van der Waals surface area contributed by atoms with E-state index in [0.717, 1.165) is 0 Å². The normalized spacial score (nSPS) is 25.3. The van der Waals surface area contributed by atoms with Crippen LogP contribution in [0.3, 0.4) is 0 Å². The van der Waals surface area contributed by atoms with Crippen LogP contribution in [0.25, 0.3) is 11.2 Å². The van der Waals surface area contributed by atoms with E-state index in [1.165, 1.54) is 24.7 Å². The molecule has 39 heavy (non-hydrogen) atoms. The van der Waals surface area contributed by atoms with Crippen molar-refractivity contribution in [2.24, 2.45) is 0 Å². The first-order valence-electron chi connectivity index (χ1n) is 12.3. The van der Waals surface area contributed by atoms with Gasteiger partial charge in [-0.3, -0.25) is 13.9 Å². The molecule has 3 N–H and O–H groups in total. The highest BCUT2D eigenvalue weighted by atomic mass is 31.2. The minimum Gasteiger partial charge on any atom is -0.465 e. The van der Waals surface area contributed by atoms with Gasteiger partial charge < -0.3 is 24.4 Å². The summed E-state index contributed by atoms with van der Waals surface area (Å²) in [6, 6.07) is 7.11. The van der Waals surface area contributed by atoms with Crippen molar-refractivity contribution in [3.63, 3.8) is 0 Å². The summed E-state index contributed by atoms with van der Waals surface area (Å²) in [5, 5.41) is 16.3. The number of carbonyl (C=O) groups is 1. The maximum absolute atomic E-state index is 15.9. The molecular weight excluding hydrogens is 534 g/mol. The number of nitrogens with one attached hydrogen (secondary N) is 2. The molecule has 0 bridgehead atoms. The van der Waals surface area contributed by atoms with Gasteiger partial charge in [-0.05, 0) is 39.8 Å². The molecule has 4 rings (SSSR count). The number of hydrogen-bond acceptors (Lipinski definition) is 11. The number of rotatable bonds is 11. The SMILES string of the molecule is CCOC(=O)[C@@H](C)NP(=O)(OC[C@H]1O[C@@H](n2cnc3c(NC)nc(C)nc32)[C@](C)(F)[C@@H]1O)Oc1ccccc1. The van der Waals surface area contributed by atoms with Gasteiger partial charge in [0, 0.05) is 7.05 Å². The van der Waals surface area contributed by atoms with Crippen LogP contribution in [0.5, 0.6) is 5.75 Å². The van der Waals surface area contributed by atoms with Gasteiger partial charge in [0.25, 0.3) is 0 Å². The van der Waals surface area contributed by atoms with E-state index in [2.05, 4.69) is 25.4 Å². The Hall–Kier alpha value is -3.16. The van der Waals surface area contributed by atoms with Gasteiger partial charge in [-0.2, -0.15) is 5.09 Å². The van der Waals surface area contributed by atoms with Crippen LogP contribution in [-0.4, -0.2) is 74.8 Å². The van der Waals surface area contributed by atoms with Crippen molar-refractivity contribution in [3.05, 3.63) is 42.5 Å². The summed E-state index contributed by atoms with van der Waals surface area (Å²) in [4.78, 5) is 25.1. The van der Waals surface area contributed by atoms with Crippen LogP contribution in [0, 0.1) is 6.92 Å². The maximum Gasteiger partial charge on any atom is 0.459 e. The number of aliphatic hydroxyl groups excluding tert-OH is 1. The van der Waals surface area contributed by atoms with E-state index in [1.807, 2.05) is 0 Å². The lowest BCUT2D eigenvalue weighted by Crippen LogP contribution is -2.41. The van der Waals surface area contributed by atoms with Crippen molar-refractivity contribution >= 4 is 30.7 Å². The third kappa shape index (κ3) is 6.04. The molecule has 3 heterocycles. The van der Waals surface area contributed by atoms with Gasteiger partial charge >= 0.3 is 13.7 Å². The Labute approximate surface area is 224 Å². The molecule has 15 heteroatoms. The average Bonchev–Trinajstić information content (AvgIpc) is 3.40. The summed E-state index contributed by atoms with van der Waals surface area (Å²) in [6.07, 6.45) is -2.93. The molecule has 13 nitrogen and oxygen atoms in total. The highest BCUT2D eigenvalue weighted by molar-refractivity contribution is 7.52. The molecule has 1 aliphatic rings. The van der Waals surface area contributed by atoms with Crippen LogP contribution >= 0.6 is 7.75 Å². The van der Waals surface area contributed by atoms with E-state index in [4.69, 9.17) is 18.5 Å². The molecule has 0 aliphatic carbocycles. The molecule has 1 fully saturated rings. The molecule has 1 aliphatic heterocycles. The van der Waals surface area contributed by atoms with Crippen LogP contribution < -0.4 is 14.9 Å². The summed E-state index contributed by atoms with van der Waals surface area (Å²) >= 11 is 0. The third-order valence-electron chi connectivity index (χ3n) is 6.11. The predicted octanol–water partition coefficient (Wildman–Crippen LogP) is 2.91. The summed E-state index contributed by atoms with van der Waals surface area (Å²) in [5.74, 6) is 0.409. The Morgan fingerprint density at radius 2 is 2.05 bits per heavy atom. The number of ether oxygens (including phenoxy) is 2. The zero-order valence-electron chi connectivity index (χ0n) is 22.2. The largest absolute Gasteiger partial charge is 0.465 e. The van der Waals surface area contributed by atoms with Gasteiger partial charge in [0.15, 0.2) is 28.9 Å². The second-order valence-corrected chi connectivity index (χ2v) is 10.8. The molecule has 212 valence electrons. The first-order chi connectivity index (χ1) is 18.5. The molecule has 2 aromatic heterocycles. The van der Waals surface area contributed by atoms with Gasteiger partial charge in [-0.25, -0.2) is 23.9 Å². The van der Waals surface area contributed by atoms with Crippen molar-refractivity contribution in [1.29, 1.82) is 0 Å². The molecule has 1 saturated heterocycles. The van der Waals surface area contributed by atoms with E-state index in [1.54, 1.807) is 51.2 Å². The number of alkyl halides is 1. The topological polar surface area (TPSA) is 159 Å². The van der Waals surface area contributed by atoms with Gasteiger partial charge in [0.2, 0.25) is 0 Å². The Morgan fingerprint density at radius 3 is 2.72 bits per heavy atom. The lowest BCUT2D eigenvalue weighted by Gasteiger charge is -2.25. The zero-order chi connectivity index (χ0) is 28.4. The number of anilines is 1. The fourth-order valence-electron chi connectivity index (χ4n) is 4.16. The lowest BCUT2D eigenvalue weighted by molar-refractivity contribution is -0.144. The van der Waals surface area contributed by atoms with E-state index >= 15 is 4.39 Å². The number of hydrogen-bond donors (Lipinski definition) is 3. The van der Waals surface area contributed by atoms with Crippen LogP contribution in [0.4, 0.5) is 10.2 Å². The van der Waals surface area contributed by atoms with Crippen molar-refractivity contribution in [1.82, 2.24) is 24.6 Å². The van der Waals surface area contributed by atoms with Crippen molar-refractivity contribution in [2.75, 3.05) is 25.6 Å². The molecule has 1 aromatic carbocycles. The minimum atomic E-state index is -4.24. The first kappa shape index (κ1) is 28.8. The minimum absolute atomic E-state index is 0.122. The van der Waals surface area contributed by atoms with Crippen LogP contribution in [0.2, 0.25) is 0 Å². The van der Waals surface area contributed by atoms with Crippen molar-refractivity contribution in [2.45, 2.75) is 57.8 Å². The number of carbonyl (C=O) groups excluding carboxylic acids is 1. The number of halogens is 1. The van der Waals surface area contributed by atoms with E-state index in [-0.39, 0.29) is 12.4 Å². The second kappa shape index (κ2) is 11.5. The quantitative estimate of drug-likeness (QED) is 0.230. The average molecular weight is 567 g/mol. The molecule has 3 aromatic rings. The van der Waals surface area contributed by atoms with Gasteiger partial charge in [0.05, 0.1) is 19.5 Å². The molecule has 6 atom stereocenters. The van der Waals surface area contributed by atoms with Gasteiger partial charge in [0.1, 0.15) is 29.8 Å². The van der Waals surface area contributed by atoms with Crippen molar-refractivity contribution < 1.29 is 37.4 Å². The Balaban J connectivity index is 1.57. The van der Waals surface area contributed by atoms with E-state index in [0.29, 0.717) is 22.8 Å². The number of benzene rings is 1. The Kier molecular flexibility index (Phi) is 8.52. The number of aryl methyl sites for hydroxylation is 1. The molecular formula is C24H32FN6O7P. The predicted molar refractivity (Wildman–Crippen MR) is 139 cm³/mol. The van der Waals surface area contributed by atoms with Crippen molar-refractivity contribution in [3.8, 4) is 5.75 Å². The number of aromatic nitrogens is 4. The van der Waals surface area contributed by atoms with Crippen LogP contribution in [0.1, 0.15) is 32.8 Å². The van der Waals surface area contributed by atoms with Gasteiger partial charge in [-0.15, -0.1) is 0 Å². The fourth-order valence-corrected chi connectivity index (χ4v) is 5.66. The number of fused-ring (bicyclic) bond motifs is 1. The monoisotopic (exact) mass is 566 g/mol. The van der Waals surface area contributed by atoms with Gasteiger partial charge in [-0.1, -0.05) is 18.2 Å². The fraction of sp³-hybridized carbons (Fsp3) is 0.500. The Bertz CT molecular complexity index is 1360. The van der Waals surface area contributed by atoms with E-state index in [9.17, 15) is 14.5 Å². The molecule has 0 amide bonds. The zero-order valence-corrected chi connectivity index (χ0v) is 23.1. The summed E-state index contributed by atoms with van der Waals surface area (Å²) in [6.45, 7) is 5.53. The third-order valence-corrected chi connectivity index (χ3v) is 7.75. The first-order valence-corrected chi connectivity index (χ1v) is 13.9. The van der Waals surface area contributed by atoms with E-state index < -0.39 is 50.5 Å². The smallest absolute Gasteiger partial charge is 0.459 e. The second-order valence-electron chi connectivity index (χ2n) is 9.12. The molecule has 0 saturated carbocycles. The number of esters is 1. The molecule has 0 spiro atoms. The molecule has 1 unspecified atom stereocenters. The number of imidazole rings is 1.